The van der Waals surface area contributed by atoms with Gasteiger partial charge >= 0.3 is 5.69 Å². The van der Waals surface area contributed by atoms with Crippen LogP contribution in [0.1, 0.15) is 30.8 Å². The first-order chi connectivity index (χ1) is 12.0. The van der Waals surface area contributed by atoms with E-state index in [1.165, 1.54) is 6.07 Å². The van der Waals surface area contributed by atoms with E-state index in [2.05, 4.69) is 15.1 Å². The van der Waals surface area contributed by atoms with E-state index in [0.717, 1.165) is 18.1 Å². The zero-order valence-electron chi connectivity index (χ0n) is 14.3. The van der Waals surface area contributed by atoms with Crippen LogP contribution in [0.2, 0.25) is 0 Å². The van der Waals surface area contributed by atoms with Gasteiger partial charge in [-0.2, -0.15) is 5.10 Å². The van der Waals surface area contributed by atoms with Gasteiger partial charge in [0.2, 0.25) is 0 Å². The molecule has 0 radical (unpaired) electrons. The number of benzene rings is 1. The fourth-order valence-corrected chi connectivity index (χ4v) is 3.41. The van der Waals surface area contributed by atoms with Crippen LogP contribution in [-0.4, -0.2) is 46.0 Å². The molecular formula is C17H22F2N4O2. The maximum atomic E-state index is 13.4. The largest absolute Gasteiger partial charge is 0.380 e. The summed E-state index contributed by atoms with van der Waals surface area (Å²) in [5.41, 5.74) is 0.507. The van der Waals surface area contributed by atoms with Crippen molar-refractivity contribution in [1.29, 1.82) is 0 Å². The van der Waals surface area contributed by atoms with Crippen molar-refractivity contribution in [3.05, 3.63) is 51.7 Å². The number of nitrogens with zero attached hydrogens (tertiary/aromatic N) is 3. The SMILES string of the molecule is CCn1c([C@@H]2C[C@H](OC)CN2CCc2ccc(F)c(F)c2)n[nH]c1=O. The number of hydrogen-bond donors (Lipinski definition) is 1. The number of rotatable bonds is 6. The van der Waals surface area contributed by atoms with Crippen molar-refractivity contribution in [3.63, 3.8) is 0 Å². The van der Waals surface area contributed by atoms with Gasteiger partial charge < -0.3 is 4.74 Å². The van der Waals surface area contributed by atoms with Crippen LogP contribution in [0, 0.1) is 11.6 Å². The topological polar surface area (TPSA) is 63.1 Å². The minimum Gasteiger partial charge on any atom is -0.380 e. The Kier molecular flexibility index (Phi) is 5.29. The Labute approximate surface area is 144 Å². The zero-order chi connectivity index (χ0) is 18.0. The van der Waals surface area contributed by atoms with Crippen LogP contribution in [0.3, 0.4) is 0 Å². The maximum absolute atomic E-state index is 13.4. The number of aromatic amines is 1. The Morgan fingerprint density at radius 3 is 2.84 bits per heavy atom. The van der Waals surface area contributed by atoms with Crippen molar-refractivity contribution in [2.45, 2.75) is 38.5 Å². The lowest BCUT2D eigenvalue weighted by Crippen LogP contribution is -2.30. The molecule has 0 bridgehead atoms. The highest BCUT2D eigenvalue weighted by Crippen LogP contribution is 2.31. The molecular weight excluding hydrogens is 330 g/mol. The Bertz CT molecular complexity index is 789. The predicted molar refractivity (Wildman–Crippen MR) is 88.3 cm³/mol. The van der Waals surface area contributed by atoms with E-state index in [-0.39, 0.29) is 17.8 Å². The third kappa shape index (κ3) is 3.64. The number of nitrogens with one attached hydrogen (secondary N) is 1. The smallest absolute Gasteiger partial charge is 0.343 e. The molecule has 1 N–H and O–H groups in total. The van der Waals surface area contributed by atoms with Crippen molar-refractivity contribution >= 4 is 0 Å². The molecule has 0 amide bonds. The average molecular weight is 352 g/mol. The second kappa shape index (κ2) is 7.45. The van der Waals surface area contributed by atoms with Crippen molar-refractivity contribution in [2.24, 2.45) is 0 Å². The molecule has 2 atom stereocenters. The van der Waals surface area contributed by atoms with E-state index in [9.17, 15) is 13.6 Å². The average Bonchev–Trinajstić information content (AvgIpc) is 3.18. The number of likely N-dealkylation sites (tertiary alicyclic amines) is 1. The normalized spacial score (nSPS) is 21.1. The lowest BCUT2D eigenvalue weighted by Gasteiger charge is -2.23. The monoisotopic (exact) mass is 352 g/mol. The molecule has 1 aliphatic rings. The van der Waals surface area contributed by atoms with E-state index in [1.807, 2.05) is 6.92 Å². The molecule has 6 nitrogen and oxygen atoms in total. The number of aromatic nitrogens is 3. The van der Waals surface area contributed by atoms with Gasteiger partial charge in [0, 0.05) is 26.7 Å². The number of methoxy groups -OCH3 is 1. The molecule has 0 spiro atoms. The van der Waals surface area contributed by atoms with Gasteiger partial charge in [-0.05, 0) is 37.5 Å². The van der Waals surface area contributed by atoms with Crippen LogP contribution >= 0.6 is 0 Å². The molecule has 8 heteroatoms. The molecule has 1 aromatic heterocycles. The summed E-state index contributed by atoms with van der Waals surface area (Å²) in [6.07, 6.45) is 1.36. The summed E-state index contributed by atoms with van der Waals surface area (Å²) in [5, 5.41) is 6.69. The summed E-state index contributed by atoms with van der Waals surface area (Å²) in [6, 6.07) is 3.92. The number of ether oxygens (including phenoxy) is 1. The van der Waals surface area contributed by atoms with Gasteiger partial charge in [0.15, 0.2) is 17.5 Å². The van der Waals surface area contributed by atoms with Crippen molar-refractivity contribution < 1.29 is 13.5 Å². The van der Waals surface area contributed by atoms with Gasteiger partial charge in [-0.15, -0.1) is 0 Å². The third-order valence-corrected chi connectivity index (χ3v) is 4.77. The lowest BCUT2D eigenvalue weighted by atomic mass is 10.1. The van der Waals surface area contributed by atoms with Crippen LogP contribution in [0.5, 0.6) is 0 Å². The van der Waals surface area contributed by atoms with Gasteiger partial charge in [-0.25, -0.2) is 18.7 Å². The predicted octanol–water partition coefficient (Wildman–Crippen LogP) is 1.87. The zero-order valence-corrected chi connectivity index (χ0v) is 14.3. The highest BCUT2D eigenvalue weighted by atomic mass is 19.2. The second-order valence-corrected chi connectivity index (χ2v) is 6.23. The lowest BCUT2D eigenvalue weighted by molar-refractivity contribution is 0.108. The summed E-state index contributed by atoms with van der Waals surface area (Å²) in [7, 11) is 1.66. The molecule has 0 aliphatic carbocycles. The van der Waals surface area contributed by atoms with E-state index in [1.54, 1.807) is 17.7 Å². The summed E-state index contributed by atoms with van der Waals surface area (Å²) >= 11 is 0. The quantitative estimate of drug-likeness (QED) is 0.862. The van der Waals surface area contributed by atoms with Crippen molar-refractivity contribution in [1.82, 2.24) is 19.7 Å². The van der Waals surface area contributed by atoms with Gasteiger partial charge in [-0.1, -0.05) is 6.07 Å². The summed E-state index contributed by atoms with van der Waals surface area (Å²) in [5.74, 6) is -0.986. The summed E-state index contributed by atoms with van der Waals surface area (Å²) < 4.78 is 33.5. The van der Waals surface area contributed by atoms with Gasteiger partial charge in [0.25, 0.3) is 0 Å². The first-order valence-electron chi connectivity index (χ1n) is 8.39. The molecule has 2 aromatic rings. The van der Waals surface area contributed by atoms with Crippen LogP contribution in [0.15, 0.2) is 23.0 Å². The first kappa shape index (κ1) is 17.8. The van der Waals surface area contributed by atoms with Crippen LogP contribution in [-0.2, 0) is 17.7 Å². The fourth-order valence-electron chi connectivity index (χ4n) is 3.41. The molecule has 0 unspecified atom stereocenters. The third-order valence-electron chi connectivity index (χ3n) is 4.77. The first-order valence-corrected chi connectivity index (χ1v) is 8.39. The Hall–Kier alpha value is -2.06. The Morgan fingerprint density at radius 1 is 1.36 bits per heavy atom. The van der Waals surface area contributed by atoms with E-state index in [0.29, 0.717) is 31.9 Å². The minimum absolute atomic E-state index is 0.0471. The molecule has 3 rings (SSSR count). The van der Waals surface area contributed by atoms with Crippen molar-refractivity contribution in [3.8, 4) is 0 Å². The standard InChI is InChI=1S/C17H22F2N4O2/c1-3-23-16(20-21-17(23)24)15-9-12(25-2)10-22(15)7-6-11-4-5-13(18)14(19)8-11/h4-5,8,12,15H,3,6-7,9-10H2,1-2H3,(H,21,24)/t12-,15-/m0/s1. The number of H-pyrrole nitrogens is 1. The fraction of sp³-hybridized carbons (Fsp3) is 0.529. The molecule has 0 saturated carbocycles. The summed E-state index contributed by atoms with van der Waals surface area (Å²) in [6.45, 7) is 3.78. The van der Waals surface area contributed by atoms with Crippen LogP contribution in [0.4, 0.5) is 8.78 Å². The van der Waals surface area contributed by atoms with Gasteiger partial charge in [0.05, 0.1) is 12.1 Å². The molecule has 1 fully saturated rings. The van der Waals surface area contributed by atoms with E-state index in [4.69, 9.17) is 4.74 Å². The molecule has 25 heavy (non-hydrogen) atoms. The summed E-state index contributed by atoms with van der Waals surface area (Å²) in [4.78, 5) is 14.0. The number of hydrogen-bond acceptors (Lipinski definition) is 4. The Morgan fingerprint density at radius 2 is 2.16 bits per heavy atom. The molecule has 1 saturated heterocycles. The van der Waals surface area contributed by atoms with Crippen molar-refractivity contribution in [2.75, 3.05) is 20.2 Å². The molecule has 1 aliphatic heterocycles. The Balaban J connectivity index is 1.77. The number of halogens is 2. The minimum atomic E-state index is -0.842. The van der Waals surface area contributed by atoms with Crippen LogP contribution < -0.4 is 5.69 Å². The van der Waals surface area contributed by atoms with E-state index >= 15 is 0 Å². The second-order valence-electron chi connectivity index (χ2n) is 6.23. The molecule has 136 valence electrons. The maximum Gasteiger partial charge on any atom is 0.343 e. The van der Waals surface area contributed by atoms with Gasteiger partial charge in [0.1, 0.15) is 0 Å². The van der Waals surface area contributed by atoms with Gasteiger partial charge in [-0.3, -0.25) is 9.47 Å². The highest BCUT2D eigenvalue weighted by Gasteiger charge is 2.36. The molecule has 2 heterocycles. The highest BCUT2D eigenvalue weighted by molar-refractivity contribution is 5.18. The van der Waals surface area contributed by atoms with E-state index < -0.39 is 11.6 Å². The molecule has 1 aromatic carbocycles. The van der Waals surface area contributed by atoms with Crippen LogP contribution in [0.25, 0.3) is 0 Å².